The lowest BCUT2D eigenvalue weighted by Crippen LogP contribution is -2.17. The quantitative estimate of drug-likeness (QED) is 0.801. The van der Waals surface area contributed by atoms with Gasteiger partial charge in [0.25, 0.3) is 0 Å². The van der Waals surface area contributed by atoms with Crippen molar-refractivity contribution in [1.29, 1.82) is 0 Å². The molecule has 0 saturated carbocycles. The summed E-state index contributed by atoms with van der Waals surface area (Å²) in [4.78, 5) is 11.8. The van der Waals surface area contributed by atoms with E-state index in [9.17, 15) is 31.1 Å². The van der Waals surface area contributed by atoms with Gasteiger partial charge in [0.2, 0.25) is 5.91 Å². The molecule has 24 heavy (non-hydrogen) atoms. The molecule has 1 unspecified atom stereocenters. The fourth-order valence-electron chi connectivity index (χ4n) is 2.55. The molecule has 1 amide bonds. The number of carbonyl (C=O) groups is 1. The molecular formula is C15H16F6N2O. The maximum Gasteiger partial charge on any atom is 0.416 e. The summed E-state index contributed by atoms with van der Waals surface area (Å²) in [5, 5.41) is 5.24. The van der Waals surface area contributed by atoms with Gasteiger partial charge in [0.05, 0.1) is 11.1 Å². The lowest BCUT2D eigenvalue weighted by Gasteiger charge is -2.15. The zero-order chi connectivity index (χ0) is 18.0. The van der Waals surface area contributed by atoms with Crippen molar-refractivity contribution in [2.75, 3.05) is 18.4 Å². The number of anilines is 1. The van der Waals surface area contributed by atoms with Gasteiger partial charge < -0.3 is 10.6 Å². The van der Waals surface area contributed by atoms with E-state index in [1.807, 2.05) is 0 Å². The van der Waals surface area contributed by atoms with Crippen molar-refractivity contribution < 1.29 is 31.1 Å². The van der Waals surface area contributed by atoms with Gasteiger partial charge in [-0.05, 0) is 50.0 Å². The Kier molecular flexibility index (Phi) is 5.42. The van der Waals surface area contributed by atoms with E-state index in [2.05, 4.69) is 10.6 Å². The molecule has 1 heterocycles. The molecule has 2 rings (SSSR count). The molecule has 1 aromatic carbocycles. The van der Waals surface area contributed by atoms with Gasteiger partial charge in [0.1, 0.15) is 0 Å². The number of alkyl halides is 6. The predicted molar refractivity (Wildman–Crippen MR) is 75.3 cm³/mol. The molecule has 0 spiro atoms. The maximum absolute atomic E-state index is 12.7. The summed E-state index contributed by atoms with van der Waals surface area (Å²) in [5.74, 6) is -0.308. The molecule has 1 saturated heterocycles. The molecule has 0 aromatic heterocycles. The Hall–Kier alpha value is -1.77. The van der Waals surface area contributed by atoms with Crippen LogP contribution in [0.4, 0.5) is 32.0 Å². The summed E-state index contributed by atoms with van der Waals surface area (Å²) in [6.07, 6.45) is -8.39. The molecule has 0 aliphatic carbocycles. The summed E-state index contributed by atoms with van der Waals surface area (Å²) in [5.41, 5.74) is -3.41. The number of nitrogens with one attached hydrogen (secondary N) is 2. The van der Waals surface area contributed by atoms with Gasteiger partial charge in [0, 0.05) is 12.1 Å². The van der Waals surface area contributed by atoms with Crippen molar-refractivity contribution in [3.05, 3.63) is 29.3 Å². The van der Waals surface area contributed by atoms with Crippen molar-refractivity contribution in [3.8, 4) is 0 Å². The van der Waals surface area contributed by atoms with Gasteiger partial charge >= 0.3 is 12.4 Å². The lowest BCUT2D eigenvalue weighted by atomic mass is 10.0. The number of hydrogen-bond donors (Lipinski definition) is 2. The minimum Gasteiger partial charge on any atom is -0.326 e. The Morgan fingerprint density at radius 3 is 2.12 bits per heavy atom. The van der Waals surface area contributed by atoms with E-state index in [0.717, 1.165) is 19.5 Å². The fraction of sp³-hybridized carbons (Fsp3) is 0.533. The first kappa shape index (κ1) is 18.6. The number of halogens is 6. The average molecular weight is 354 g/mol. The molecule has 9 heteroatoms. The third-order valence-electron chi connectivity index (χ3n) is 3.81. The molecule has 0 radical (unpaired) electrons. The minimum atomic E-state index is -4.93. The largest absolute Gasteiger partial charge is 0.416 e. The third-order valence-corrected chi connectivity index (χ3v) is 3.81. The van der Waals surface area contributed by atoms with Crippen molar-refractivity contribution in [2.24, 2.45) is 5.92 Å². The van der Waals surface area contributed by atoms with Crippen LogP contribution in [0.1, 0.15) is 30.4 Å². The zero-order valence-electron chi connectivity index (χ0n) is 12.5. The van der Waals surface area contributed by atoms with Crippen molar-refractivity contribution >= 4 is 11.6 Å². The van der Waals surface area contributed by atoms with Gasteiger partial charge in [-0.2, -0.15) is 26.3 Å². The number of carbonyl (C=O) groups excluding carboxylic acids is 1. The normalized spacial score (nSPS) is 18.7. The Morgan fingerprint density at radius 2 is 1.67 bits per heavy atom. The van der Waals surface area contributed by atoms with E-state index in [0.29, 0.717) is 24.5 Å². The zero-order valence-corrected chi connectivity index (χ0v) is 12.5. The summed E-state index contributed by atoms with van der Waals surface area (Å²) in [7, 11) is 0. The van der Waals surface area contributed by atoms with Crippen LogP contribution in [0, 0.1) is 5.92 Å². The van der Waals surface area contributed by atoms with E-state index >= 15 is 0 Å². The smallest absolute Gasteiger partial charge is 0.326 e. The molecular weight excluding hydrogens is 338 g/mol. The highest BCUT2D eigenvalue weighted by Crippen LogP contribution is 2.37. The minimum absolute atomic E-state index is 0.0276. The molecule has 2 N–H and O–H groups in total. The summed E-state index contributed by atoms with van der Waals surface area (Å²) >= 11 is 0. The van der Waals surface area contributed by atoms with Gasteiger partial charge in [-0.1, -0.05) is 0 Å². The van der Waals surface area contributed by atoms with Crippen LogP contribution >= 0.6 is 0 Å². The predicted octanol–water partition coefficient (Wildman–Crippen LogP) is 4.05. The van der Waals surface area contributed by atoms with Crippen LogP contribution in [-0.2, 0) is 17.1 Å². The van der Waals surface area contributed by atoms with Crippen molar-refractivity contribution in [3.63, 3.8) is 0 Å². The molecule has 3 nitrogen and oxygen atoms in total. The first-order valence-corrected chi connectivity index (χ1v) is 7.36. The Labute approximate surface area is 134 Å². The Morgan fingerprint density at radius 1 is 1.08 bits per heavy atom. The second kappa shape index (κ2) is 7.00. The van der Waals surface area contributed by atoms with Crippen LogP contribution in [0.2, 0.25) is 0 Å². The van der Waals surface area contributed by atoms with Gasteiger partial charge in [0.15, 0.2) is 0 Å². The summed E-state index contributed by atoms with van der Waals surface area (Å²) in [6, 6.07) is 1.04. The monoisotopic (exact) mass is 354 g/mol. The molecule has 1 aromatic rings. The number of benzene rings is 1. The SMILES string of the molecule is O=C(CCC1CCNC1)Nc1cc(C(F)(F)F)cc(C(F)(F)F)c1. The highest BCUT2D eigenvalue weighted by atomic mass is 19.4. The second-order valence-corrected chi connectivity index (χ2v) is 5.74. The molecule has 1 aliphatic heterocycles. The van der Waals surface area contributed by atoms with Crippen LogP contribution in [-0.4, -0.2) is 19.0 Å². The van der Waals surface area contributed by atoms with E-state index in [1.54, 1.807) is 0 Å². The maximum atomic E-state index is 12.7. The number of hydrogen-bond acceptors (Lipinski definition) is 2. The van der Waals surface area contributed by atoms with Crippen LogP contribution in [0.25, 0.3) is 0 Å². The Bertz CT molecular complexity index is 558. The topological polar surface area (TPSA) is 41.1 Å². The molecule has 0 bridgehead atoms. The van der Waals surface area contributed by atoms with E-state index in [4.69, 9.17) is 0 Å². The molecule has 134 valence electrons. The van der Waals surface area contributed by atoms with Gasteiger partial charge in [-0.3, -0.25) is 4.79 Å². The Balaban J connectivity index is 2.11. The van der Waals surface area contributed by atoms with Crippen LogP contribution in [0.3, 0.4) is 0 Å². The molecule has 1 atom stereocenters. The third kappa shape index (κ3) is 5.12. The van der Waals surface area contributed by atoms with Gasteiger partial charge in [-0.15, -0.1) is 0 Å². The van der Waals surface area contributed by atoms with Gasteiger partial charge in [-0.25, -0.2) is 0 Å². The molecule has 1 aliphatic rings. The van der Waals surface area contributed by atoms with Crippen LogP contribution < -0.4 is 10.6 Å². The summed E-state index contributed by atoms with van der Waals surface area (Å²) in [6.45, 7) is 1.60. The van der Waals surface area contributed by atoms with Crippen LogP contribution in [0.15, 0.2) is 18.2 Å². The van der Waals surface area contributed by atoms with E-state index in [-0.39, 0.29) is 12.5 Å². The first-order chi connectivity index (χ1) is 11.1. The fourth-order valence-corrected chi connectivity index (χ4v) is 2.55. The molecule has 1 fully saturated rings. The second-order valence-electron chi connectivity index (χ2n) is 5.74. The standard InChI is InChI=1S/C15H16F6N2O/c16-14(17,18)10-5-11(15(19,20)21)7-12(6-10)23-13(24)2-1-9-3-4-22-8-9/h5-7,9,22H,1-4,8H2,(H,23,24). The number of amides is 1. The number of rotatable bonds is 4. The lowest BCUT2D eigenvalue weighted by molar-refractivity contribution is -0.143. The summed E-state index contributed by atoms with van der Waals surface area (Å²) < 4.78 is 76.4. The van der Waals surface area contributed by atoms with Crippen molar-refractivity contribution in [1.82, 2.24) is 5.32 Å². The van der Waals surface area contributed by atoms with E-state index < -0.39 is 35.1 Å². The highest BCUT2D eigenvalue weighted by Gasteiger charge is 2.37. The average Bonchev–Trinajstić information content (AvgIpc) is 2.96. The first-order valence-electron chi connectivity index (χ1n) is 7.36. The van der Waals surface area contributed by atoms with E-state index in [1.165, 1.54) is 0 Å². The van der Waals surface area contributed by atoms with Crippen molar-refractivity contribution in [2.45, 2.75) is 31.6 Å². The highest BCUT2D eigenvalue weighted by molar-refractivity contribution is 5.90. The van der Waals surface area contributed by atoms with Crippen LogP contribution in [0.5, 0.6) is 0 Å².